The van der Waals surface area contributed by atoms with Crippen LogP contribution in [0.25, 0.3) is 0 Å². The lowest BCUT2D eigenvalue weighted by atomic mass is 10.1. The SMILES string of the molecule is CC(C)n1ncc(Br)c1C(O)Cc1ccc(F)c(F)c1. The van der Waals surface area contributed by atoms with E-state index >= 15 is 0 Å². The molecule has 0 saturated heterocycles. The molecule has 2 aromatic rings. The molecule has 0 radical (unpaired) electrons. The number of aliphatic hydroxyl groups is 1. The summed E-state index contributed by atoms with van der Waals surface area (Å²) >= 11 is 3.35. The number of halogens is 3. The maximum Gasteiger partial charge on any atom is 0.159 e. The van der Waals surface area contributed by atoms with E-state index in [0.29, 0.717) is 15.7 Å². The number of hydrogen-bond donors (Lipinski definition) is 1. The molecule has 1 N–H and O–H groups in total. The van der Waals surface area contributed by atoms with E-state index in [1.165, 1.54) is 6.07 Å². The van der Waals surface area contributed by atoms with Gasteiger partial charge < -0.3 is 5.11 Å². The van der Waals surface area contributed by atoms with Crippen molar-refractivity contribution in [1.82, 2.24) is 9.78 Å². The zero-order valence-corrected chi connectivity index (χ0v) is 12.7. The van der Waals surface area contributed by atoms with Gasteiger partial charge in [0.05, 0.1) is 16.4 Å². The molecule has 0 bridgehead atoms. The van der Waals surface area contributed by atoms with Crippen molar-refractivity contribution >= 4 is 15.9 Å². The summed E-state index contributed by atoms with van der Waals surface area (Å²) in [4.78, 5) is 0. The first-order chi connectivity index (χ1) is 9.40. The van der Waals surface area contributed by atoms with Crippen LogP contribution in [-0.4, -0.2) is 14.9 Å². The van der Waals surface area contributed by atoms with Crippen molar-refractivity contribution in [3.05, 3.63) is 51.8 Å². The molecule has 1 aromatic heterocycles. The molecule has 0 aliphatic rings. The molecule has 2 rings (SSSR count). The van der Waals surface area contributed by atoms with Crippen LogP contribution in [0.1, 0.15) is 37.3 Å². The van der Waals surface area contributed by atoms with Crippen LogP contribution in [0.2, 0.25) is 0 Å². The Balaban J connectivity index is 2.25. The first kappa shape index (κ1) is 15.1. The van der Waals surface area contributed by atoms with Gasteiger partial charge in [0.1, 0.15) is 6.10 Å². The van der Waals surface area contributed by atoms with Crippen LogP contribution in [0.15, 0.2) is 28.9 Å². The van der Waals surface area contributed by atoms with Crippen LogP contribution in [0.5, 0.6) is 0 Å². The fourth-order valence-corrected chi connectivity index (χ4v) is 2.60. The van der Waals surface area contributed by atoms with Gasteiger partial charge in [-0.05, 0) is 47.5 Å². The maximum atomic E-state index is 13.2. The van der Waals surface area contributed by atoms with Gasteiger partial charge >= 0.3 is 0 Å². The van der Waals surface area contributed by atoms with E-state index in [0.717, 1.165) is 12.1 Å². The molecule has 1 heterocycles. The number of benzene rings is 1. The standard InChI is InChI=1S/C14H15BrF2N2O/c1-8(2)19-14(10(15)7-18-19)13(20)6-9-3-4-11(16)12(17)5-9/h3-5,7-8,13,20H,6H2,1-2H3. The van der Waals surface area contributed by atoms with E-state index < -0.39 is 17.7 Å². The van der Waals surface area contributed by atoms with Crippen LogP contribution >= 0.6 is 15.9 Å². The minimum Gasteiger partial charge on any atom is -0.386 e. The molecular formula is C14H15BrF2N2O. The largest absolute Gasteiger partial charge is 0.386 e. The smallest absolute Gasteiger partial charge is 0.159 e. The second kappa shape index (κ2) is 6.01. The predicted octanol–water partition coefficient (Wildman–Crippen LogP) is 3.78. The van der Waals surface area contributed by atoms with Crippen molar-refractivity contribution in [2.75, 3.05) is 0 Å². The van der Waals surface area contributed by atoms with Crippen molar-refractivity contribution in [3.63, 3.8) is 0 Å². The maximum absolute atomic E-state index is 13.2. The summed E-state index contributed by atoms with van der Waals surface area (Å²) in [6.07, 6.45) is 0.956. The third kappa shape index (κ3) is 3.07. The molecule has 0 spiro atoms. The lowest BCUT2D eigenvalue weighted by Gasteiger charge is -2.16. The topological polar surface area (TPSA) is 38.0 Å². The van der Waals surface area contributed by atoms with Gasteiger partial charge in [0.2, 0.25) is 0 Å². The van der Waals surface area contributed by atoms with Crippen molar-refractivity contribution in [1.29, 1.82) is 0 Å². The van der Waals surface area contributed by atoms with Crippen molar-refractivity contribution in [2.24, 2.45) is 0 Å². The van der Waals surface area contributed by atoms with Crippen LogP contribution in [0.4, 0.5) is 8.78 Å². The van der Waals surface area contributed by atoms with Crippen LogP contribution < -0.4 is 0 Å². The molecule has 1 atom stereocenters. The van der Waals surface area contributed by atoms with Gasteiger partial charge in [-0.3, -0.25) is 4.68 Å². The Hall–Kier alpha value is -1.27. The van der Waals surface area contributed by atoms with E-state index in [1.54, 1.807) is 10.9 Å². The molecule has 20 heavy (non-hydrogen) atoms. The highest BCUT2D eigenvalue weighted by Gasteiger charge is 2.20. The first-order valence-electron chi connectivity index (χ1n) is 6.25. The summed E-state index contributed by atoms with van der Waals surface area (Å²) in [5, 5.41) is 14.5. The van der Waals surface area contributed by atoms with Gasteiger partial charge in [-0.2, -0.15) is 5.10 Å². The van der Waals surface area contributed by atoms with E-state index in [2.05, 4.69) is 21.0 Å². The molecule has 1 unspecified atom stereocenters. The Morgan fingerprint density at radius 1 is 1.30 bits per heavy atom. The molecular weight excluding hydrogens is 330 g/mol. The highest BCUT2D eigenvalue weighted by molar-refractivity contribution is 9.10. The zero-order chi connectivity index (χ0) is 14.9. The molecule has 0 amide bonds. The van der Waals surface area contributed by atoms with Crippen molar-refractivity contribution in [2.45, 2.75) is 32.4 Å². The second-order valence-corrected chi connectivity index (χ2v) is 5.74. The molecule has 0 fully saturated rings. The summed E-state index contributed by atoms with van der Waals surface area (Å²) in [6, 6.07) is 3.72. The fraction of sp³-hybridized carbons (Fsp3) is 0.357. The minimum absolute atomic E-state index is 0.0934. The lowest BCUT2D eigenvalue weighted by molar-refractivity contribution is 0.163. The fourth-order valence-electron chi connectivity index (χ4n) is 2.06. The minimum atomic E-state index is -0.911. The Bertz CT molecular complexity index is 613. The normalized spacial score (nSPS) is 12.9. The molecule has 6 heteroatoms. The summed E-state index contributed by atoms with van der Waals surface area (Å²) < 4.78 is 28.5. The molecule has 3 nitrogen and oxygen atoms in total. The Morgan fingerprint density at radius 3 is 2.60 bits per heavy atom. The molecule has 108 valence electrons. The predicted molar refractivity (Wildman–Crippen MR) is 75.3 cm³/mol. The van der Waals surface area contributed by atoms with Crippen molar-refractivity contribution in [3.8, 4) is 0 Å². The Labute approximate surface area is 124 Å². The van der Waals surface area contributed by atoms with E-state index in [-0.39, 0.29) is 12.5 Å². The third-order valence-electron chi connectivity index (χ3n) is 3.00. The second-order valence-electron chi connectivity index (χ2n) is 4.88. The van der Waals surface area contributed by atoms with Gasteiger partial charge in [0.15, 0.2) is 11.6 Å². The van der Waals surface area contributed by atoms with Gasteiger partial charge in [-0.15, -0.1) is 0 Å². The average Bonchev–Trinajstić information content (AvgIpc) is 2.76. The monoisotopic (exact) mass is 344 g/mol. The summed E-state index contributed by atoms with van der Waals surface area (Å²) in [5.41, 5.74) is 1.16. The highest BCUT2D eigenvalue weighted by Crippen LogP contribution is 2.28. The van der Waals surface area contributed by atoms with Crippen LogP contribution in [0, 0.1) is 11.6 Å². The van der Waals surface area contributed by atoms with Crippen LogP contribution in [0.3, 0.4) is 0 Å². The highest BCUT2D eigenvalue weighted by atomic mass is 79.9. The van der Waals surface area contributed by atoms with Crippen LogP contribution in [-0.2, 0) is 6.42 Å². The summed E-state index contributed by atoms with van der Waals surface area (Å²) in [5.74, 6) is -1.80. The summed E-state index contributed by atoms with van der Waals surface area (Å²) in [6.45, 7) is 3.90. The van der Waals surface area contributed by atoms with Crippen molar-refractivity contribution < 1.29 is 13.9 Å². The van der Waals surface area contributed by atoms with E-state index in [4.69, 9.17) is 0 Å². The number of nitrogens with zero attached hydrogens (tertiary/aromatic N) is 2. The van der Waals surface area contributed by atoms with E-state index in [9.17, 15) is 13.9 Å². The Kier molecular flexibility index (Phi) is 4.55. The van der Waals surface area contributed by atoms with Gasteiger partial charge in [-0.25, -0.2) is 8.78 Å². The Morgan fingerprint density at radius 2 is 2.00 bits per heavy atom. The molecule has 0 aliphatic carbocycles. The number of aromatic nitrogens is 2. The zero-order valence-electron chi connectivity index (χ0n) is 11.1. The molecule has 1 aromatic carbocycles. The quantitative estimate of drug-likeness (QED) is 0.916. The number of hydrogen-bond acceptors (Lipinski definition) is 2. The first-order valence-corrected chi connectivity index (χ1v) is 7.04. The van der Waals surface area contributed by atoms with Gasteiger partial charge in [0, 0.05) is 12.5 Å². The number of rotatable bonds is 4. The lowest BCUT2D eigenvalue weighted by Crippen LogP contribution is -2.13. The molecule has 0 saturated carbocycles. The van der Waals surface area contributed by atoms with E-state index in [1.807, 2.05) is 13.8 Å². The molecule has 0 aliphatic heterocycles. The number of aliphatic hydroxyl groups excluding tert-OH is 1. The third-order valence-corrected chi connectivity index (χ3v) is 3.62. The average molecular weight is 345 g/mol. The summed E-state index contributed by atoms with van der Waals surface area (Å²) in [7, 11) is 0. The van der Waals surface area contributed by atoms with Gasteiger partial charge in [-0.1, -0.05) is 6.07 Å². The van der Waals surface area contributed by atoms with Gasteiger partial charge in [0.25, 0.3) is 0 Å².